The van der Waals surface area contributed by atoms with Crippen molar-refractivity contribution >= 4 is 128 Å². The van der Waals surface area contributed by atoms with Gasteiger partial charge in [0, 0.05) is 27.1 Å². The van der Waals surface area contributed by atoms with Crippen LogP contribution in [0.4, 0.5) is 0 Å². The maximum atomic E-state index is 14.2. The number of alkyl halides is 5. The molecule has 5 rings (SSSR count). The van der Waals surface area contributed by atoms with Gasteiger partial charge in [0.15, 0.2) is 10.1 Å². The quantitative estimate of drug-likeness (QED) is 0.166. The van der Waals surface area contributed by atoms with Crippen molar-refractivity contribution < 1.29 is 19.2 Å². The van der Waals surface area contributed by atoms with Crippen molar-refractivity contribution in [3.63, 3.8) is 0 Å². The van der Waals surface area contributed by atoms with E-state index >= 15 is 0 Å². The fraction of sp³-hybridized carbons (Fsp3) is 0.308. The Bertz CT molecular complexity index is 1470. The number of fused-ring (bicyclic) bond motifs is 5. The molecule has 0 radical (unpaired) electrons. The zero-order valence-electron chi connectivity index (χ0n) is 20.2. The Morgan fingerprint density at radius 3 is 1.59 bits per heavy atom. The first-order valence-electron chi connectivity index (χ1n) is 11.8. The Hall–Kier alpha value is -0.930. The zero-order valence-corrected chi connectivity index (χ0v) is 27.0. The third-order valence-corrected chi connectivity index (χ3v) is 12.5. The molecule has 0 spiro atoms. The van der Waals surface area contributed by atoms with Crippen LogP contribution < -0.4 is 0 Å². The van der Waals surface area contributed by atoms with E-state index in [-0.39, 0.29) is 33.5 Å². The highest BCUT2D eigenvalue weighted by molar-refractivity contribution is 6.66. The zero-order chi connectivity index (χ0) is 30.2. The summed E-state index contributed by atoms with van der Waals surface area (Å²) in [5, 5.41) is 1.41. The van der Waals surface area contributed by atoms with Crippen LogP contribution in [0.5, 0.6) is 0 Å². The van der Waals surface area contributed by atoms with E-state index in [1.165, 1.54) is 48.5 Å². The van der Waals surface area contributed by atoms with E-state index in [0.29, 0.717) is 15.1 Å². The number of benzene rings is 2. The third kappa shape index (κ3) is 4.27. The number of allylic oxidation sites excluding steroid dienone is 2. The summed E-state index contributed by atoms with van der Waals surface area (Å²) in [7, 11) is 0. The van der Waals surface area contributed by atoms with Gasteiger partial charge in [-0.3, -0.25) is 19.2 Å². The van der Waals surface area contributed by atoms with Gasteiger partial charge in [-0.25, -0.2) is 5.01 Å². The summed E-state index contributed by atoms with van der Waals surface area (Å²) in [5.41, 5.74) is 0.159. The van der Waals surface area contributed by atoms with Crippen molar-refractivity contribution in [3.8, 4) is 0 Å². The largest absolute Gasteiger partial charge is 0.292 e. The number of nitrogens with zero attached hydrogens (tertiary/aromatic N) is 2. The molecule has 0 unspecified atom stereocenters. The van der Waals surface area contributed by atoms with Gasteiger partial charge in [0.1, 0.15) is 15.8 Å². The molecule has 0 aromatic heterocycles. The minimum absolute atomic E-state index is 0.0120. The second kappa shape index (κ2) is 10.9. The number of rotatable bonds is 7. The molecule has 1 saturated heterocycles. The second-order valence-corrected chi connectivity index (χ2v) is 14.1. The van der Waals surface area contributed by atoms with Crippen molar-refractivity contribution in [3.05, 3.63) is 79.8 Å². The van der Waals surface area contributed by atoms with E-state index in [0.717, 1.165) is 5.01 Å². The molecule has 2 fully saturated rings. The average Bonchev–Trinajstić information content (AvgIpc) is 3.32. The average molecular weight is 738 g/mol. The number of carbonyl (C=O) groups is 4. The Balaban J connectivity index is 1.67. The maximum Gasteiger partial charge on any atom is 0.273 e. The molecule has 2 aromatic rings. The fourth-order valence-corrected chi connectivity index (χ4v) is 8.95. The highest BCUT2D eigenvalue weighted by atomic mass is 35.5. The Morgan fingerprint density at radius 2 is 1.17 bits per heavy atom. The molecule has 3 amide bonds. The van der Waals surface area contributed by atoms with E-state index in [1.807, 2.05) is 0 Å². The summed E-state index contributed by atoms with van der Waals surface area (Å²) in [6.45, 7) is 0. The first-order valence-corrected chi connectivity index (χ1v) is 15.4. The molecule has 216 valence electrons. The van der Waals surface area contributed by atoms with Gasteiger partial charge in [-0.1, -0.05) is 69.6 Å². The minimum Gasteiger partial charge on any atom is -0.292 e. The lowest BCUT2D eigenvalue weighted by Gasteiger charge is -2.39. The standard InChI is InChI=1S/C26H15Cl9N2O4/c27-10-9-15(18(38)11-1-5-13(28)6-2-11)36(21(39)12-3-7-14(29)8-4-12)37-22(40)16-17(23(37)41)25(33)20(31)19(30)24(16,32)26(25,34)35/h1-8,15-17H,9-10H2/t15-,16-,17+,24-,25-/m1/s1. The fourth-order valence-electron chi connectivity index (χ4n) is 5.56. The van der Waals surface area contributed by atoms with Crippen LogP contribution in [0.2, 0.25) is 10.0 Å². The first kappa shape index (κ1) is 31.5. The molecule has 15 heteroatoms. The molecule has 1 saturated carbocycles. The van der Waals surface area contributed by atoms with Gasteiger partial charge in [-0.2, -0.15) is 5.01 Å². The van der Waals surface area contributed by atoms with Crippen LogP contribution in [0, 0.1) is 11.8 Å². The summed E-state index contributed by atoms with van der Waals surface area (Å²) in [6.07, 6.45) is -0.151. The number of ketones is 1. The Labute approximate surface area is 279 Å². The van der Waals surface area contributed by atoms with Gasteiger partial charge in [0.05, 0.1) is 21.9 Å². The van der Waals surface area contributed by atoms with Gasteiger partial charge >= 0.3 is 0 Å². The van der Waals surface area contributed by atoms with Gasteiger partial charge in [-0.05, 0) is 55.0 Å². The van der Waals surface area contributed by atoms with Crippen LogP contribution in [0.1, 0.15) is 27.1 Å². The maximum absolute atomic E-state index is 14.2. The number of hydrazine groups is 1. The van der Waals surface area contributed by atoms with Crippen LogP contribution in [0.15, 0.2) is 58.6 Å². The summed E-state index contributed by atoms with van der Waals surface area (Å²) in [5.74, 6) is -6.68. The van der Waals surface area contributed by atoms with Crippen molar-refractivity contribution in [2.75, 3.05) is 5.88 Å². The van der Waals surface area contributed by atoms with Crippen molar-refractivity contribution in [2.45, 2.75) is 26.5 Å². The molecule has 5 atom stereocenters. The topological polar surface area (TPSA) is 74.8 Å². The smallest absolute Gasteiger partial charge is 0.273 e. The molecule has 3 aliphatic rings. The normalized spacial score (nSPS) is 28.8. The molecular formula is C26H15Cl9N2O4. The van der Waals surface area contributed by atoms with E-state index < -0.39 is 55.5 Å². The highest BCUT2D eigenvalue weighted by Crippen LogP contribution is 2.77. The SMILES string of the molecule is O=C(c1ccc(Cl)cc1)[C@@H](CCCl)N(C(=O)c1ccc(Cl)cc1)N1C(=O)[C@@H]2[C@H](C1=O)[C@@]1(Cl)C(Cl)=C(Cl)[C@@]2(Cl)C1(Cl)Cl. The number of Topliss-reactive ketones (excluding diaryl/α,β-unsaturated/α-hetero) is 1. The van der Waals surface area contributed by atoms with Crippen LogP contribution in [0.25, 0.3) is 0 Å². The summed E-state index contributed by atoms with van der Waals surface area (Å²) < 4.78 is -2.18. The lowest BCUT2D eigenvalue weighted by atomic mass is 9.84. The van der Waals surface area contributed by atoms with Crippen molar-refractivity contribution in [1.82, 2.24) is 10.0 Å². The minimum atomic E-state index is -2.18. The second-order valence-electron chi connectivity index (χ2n) is 9.59. The number of hydrogen-bond donors (Lipinski definition) is 0. The molecule has 41 heavy (non-hydrogen) atoms. The van der Waals surface area contributed by atoms with E-state index in [9.17, 15) is 19.2 Å². The predicted octanol–water partition coefficient (Wildman–Crippen LogP) is 7.68. The number of imide groups is 1. The summed E-state index contributed by atoms with van der Waals surface area (Å²) in [6, 6.07) is 10.0. The lowest BCUT2D eigenvalue weighted by Crippen LogP contribution is -2.60. The number of carbonyl (C=O) groups excluding carboxylic acids is 4. The molecular weight excluding hydrogens is 723 g/mol. The van der Waals surface area contributed by atoms with Crippen molar-refractivity contribution in [1.29, 1.82) is 0 Å². The van der Waals surface area contributed by atoms with Crippen LogP contribution in [-0.4, -0.2) is 59.5 Å². The highest BCUT2D eigenvalue weighted by Gasteiger charge is 2.88. The monoisotopic (exact) mass is 734 g/mol. The van der Waals surface area contributed by atoms with Gasteiger partial charge in [0.25, 0.3) is 17.7 Å². The van der Waals surface area contributed by atoms with Crippen LogP contribution in [-0.2, 0) is 9.59 Å². The molecule has 0 N–H and O–H groups in total. The van der Waals surface area contributed by atoms with E-state index in [4.69, 9.17) is 104 Å². The van der Waals surface area contributed by atoms with E-state index in [1.54, 1.807) is 0 Å². The number of halogens is 9. The van der Waals surface area contributed by atoms with Crippen LogP contribution in [0.3, 0.4) is 0 Å². The predicted molar refractivity (Wildman–Crippen MR) is 162 cm³/mol. The molecule has 2 aliphatic carbocycles. The van der Waals surface area contributed by atoms with Gasteiger partial charge in [0.2, 0.25) is 0 Å². The van der Waals surface area contributed by atoms with Gasteiger partial charge in [-0.15, -0.1) is 34.8 Å². The summed E-state index contributed by atoms with van der Waals surface area (Å²) in [4.78, 5) is 52.1. The molecule has 1 heterocycles. The lowest BCUT2D eigenvalue weighted by molar-refractivity contribution is -0.157. The first-order chi connectivity index (χ1) is 19.2. The summed E-state index contributed by atoms with van der Waals surface area (Å²) >= 11 is 57.8. The Morgan fingerprint density at radius 1 is 0.756 bits per heavy atom. The van der Waals surface area contributed by atoms with Crippen molar-refractivity contribution in [2.24, 2.45) is 11.8 Å². The van der Waals surface area contributed by atoms with Gasteiger partial charge < -0.3 is 0 Å². The molecule has 2 bridgehead atoms. The number of hydrogen-bond acceptors (Lipinski definition) is 4. The molecule has 2 aromatic carbocycles. The molecule has 1 aliphatic heterocycles. The third-order valence-electron chi connectivity index (χ3n) is 7.51. The molecule has 6 nitrogen and oxygen atoms in total. The van der Waals surface area contributed by atoms with E-state index in [2.05, 4.69) is 0 Å². The van der Waals surface area contributed by atoms with Crippen LogP contribution >= 0.6 is 104 Å². The Kier molecular flexibility index (Phi) is 8.37. The number of amides is 3.